The zero-order chi connectivity index (χ0) is 16.5. The van der Waals surface area contributed by atoms with Gasteiger partial charge in [-0.3, -0.25) is 4.79 Å². The summed E-state index contributed by atoms with van der Waals surface area (Å²) in [5.41, 5.74) is 1.45. The molecule has 124 valence electrons. The van der Waals surface area contributed by atoms with E-state index in [4.69, 9.17) is 9.15 Å². The number of hydrogen-bond donors (Lipinski definition) is 2. The van der Waals surface area contributed by atoms with Gasteiger partial charge in [0.15, 0.2) is 0 Å². The Morgan fingerprint density at radius 3 is 2.83 bits per heavy atom. The monoisotopic (exact) mass is 321 g/mol. The third-order valence-electron chi connectivity index (χ3n) is 3.11. The van der Waals surface area contributed by atoms with Crippen molar-refractivity contribution < 1.29 is 18.3 Å². The first kappa shape index (κ1) is 17.1. The summed E-state index contributed by atoms with van der Waals surface area (Å²) in [4.78, 5) is 15.9. The predicted molar refractivity (Wildman–Crippen MR) is 83.4 cm³/mol. The molecule has 2 N–H and O–H groups in total. The molecule has 0 atom stereocenters. The Hall–Kier alpha value is -2.25. The molecule has 2 rings (SSSR count). The van der Waals surface area contributed by atoms with Crippen LogP contribution in [0.5, 0.6) is 0 Å². The van der Waals surface area contributed by atoms with Gasteiger partial charge in [0.1, 0.15) is 12.1 Å². The van der Waals surface area contributed by atoms with Crippen molar-refractivity contribution in [3.8, 4) is 11.5 Å². The van der Waals surface area contributed by atoms with Crippen molar-refractivity contribution >= 4 is 5.91 Å². The summed E-state index contributed by atoms with van der Waals surface area (Å²) in [5.74, 6) is 0.0539. The van der Waals surface area contributed by atoms with E-state index in [1.54, 1.807) is 25.5 Å². The van der Waals surface area contributed by atoms with E-state index < -0.39 is 0 Å². The molecule has 6 nitrogen and oxygen atoms in total. The molecule has 0 spiro atoms. The van der Waals surface area contributed by atoms with Crippen LogP contribution >= 0.6 is 0 Å². The van der Waals surface area contributed by atoms with E-state index >= 15 is 0 Å². The quantitative estimate of drug-likeness (QED) is 0.682. The van der Waals surface area contributed by atoms with E-state index in [1.165, 1.54) is 12.1 Å². The lowest BCUT2D eigenvalue weighted by atomic mass is 10.2. The lowest BCUT2D eigenvalue weighted by Gasteiger charge is -2.05. The number of amides is 1. The van der Waals surface area contributed by atoms with Gasteiger partial charge in [-0.25, -0.2) is 9.37 Å². The Kier molecular flexibility index (Phi) is 6.71. The molecule has 0 bridgehead atoms. The molecule has 0 unspecified atom stereocenters. The minimum atomic E-state index is -0.303. The number of ether oxygens (including phenoxy) is 1. The molecule has 0 saturated carbocycles. The molecular formula is C16H20FN3O3. The molecule has 0 aliphatic heterocycles. The Balaban J connectivity index is 1.72. The fraction of sp³-hybridized carbons (Fsp3) is 0.375. The summed E-state index contributed by atoms with van der Waals surface area (Å²) in [5, 5.41) is 5.75. The summed E-state index contributed by atoms with van der Waals surface area (Å²) in [6.07, 6.45) is 2.11. The second-order valence-corrected chi connectivity index (χ2v) is 4.92. The Morgan fingerprint density at radius 1 is 1.30 bits per heavy atom. The molecule has 7 heteroatoms. The summed E-state index contributed by atoms with van der Waals surface area (Å²) in [6, 6.07) is 5.93. The second kappa shape index (κ2) is 9.02. The number of oxazole rings is 1. The maximum absolute atomic E-state index is 12.9. The summed E-state index contributed by atoms with van der Waals surface area (Å²) in [6.45, 7) is 1.93. The van der Waals surface area contributed by atoms with Gasteiger partial charge in [0.2, 0.25) is 11.8 Å². The highest BCUT2D eigenvalue weighted by molar-refractivity contribution is 5.77. The molecule has 0 aliphatic rings. The van der Waals surface area contributed by atoms with E-state index in [0.717, 1.165) is 5.69 Å². The van der Waals surface area contributed by atoms with Crippen LogP contribution in [-0.4, -0.2) is 44.2 Å². The van der Waals surface area contributed by atoms with E-state index in [0.29, 0.717) is 37.6 Å². The van der Waals surface area contributed by atoms with Gasteiger partial charge in [0, 0.05) is 32.2 Å². The lowest BCUT2D eigenvalue weighted by Crippen LogP contribution is -2.36. The second-order valence-electron chi connectivity index (χ2n) is 4.92. The average molecular weight is 321 g/mol. The highest BCUT2D eigenvalue weighted by Gasteiger charge is 2.07. The fourth-order valence-corrected chi connectivity index (χ4v) is 1.92. The maximum atomic E-state index is 12.9. The fourth-order valence-electron chi connectivity index (χ4n) is 1.92. The predicted octanol–water partition coefficient (Wildman–Crippen LogP) is 1.38. The number of aromatic nitrogens is 1. The van der Waals surface area contributed by atoms with Crippen molar-refractivity contribution in [2.75, 3.05) is 33.4 Å². The number of carbonyl (C=O) groups excluding carboxylic acids is 1. The van der Waals surface area contributed by atoms with Gasteiger partial charge in [-0.1, -0.05) is 0 Å². The summed E-state index contributed by atoms with van der Waals surface area (Å²) < 4.78 is 23.1. The van der Waals surface area contributed by atoms with Crippen LogP contribution < -0.4 is 10.6 Å². The van der Waals surface area contributed by atoms with Gasteiger partial charge < -0.3 is 19.8 Å². The molecule has 0 fully saturated rings. The Morgan fingerprint density at radius 2 is 2.09 bits per heavy atom. The first-order valence-corrected chi connectivity index (χ1v) is 7.35. The highest BCUT2D eigenvalue weighted by atomic mass is 19.1. The van der Waals surface area contributed by atoms with Crippen molar-refractivity contribution in [2.24, 2.45) is 0 Å². The van der Waals surface area contributed by atoms with Crippen molar-refractivity contribution in [3.63, 3.8) is 0 Å². The Labute approximate surface area is 134 Å². The van der Waals surface area contributed by atoms with Crippen LogP contribution in [0.2, 0.25) is 0 Å². The Bertz CT molecular complexity index is 613. The van der Waals surface area contributed by atoms with Gasteiger partial charge in [0.25, 0.3) is 0 Å². The van der Waals surface area contributed by atoms with Crippen molar-refractivity contribution in [1.29, 1.82) is 0 Å². The molecule has 0 aliphatic carbocycles. The zero-order valence-corrected chi connectivity index (χ0v) is 13.0. The minimum absolute atomic E-state index is 0.0802. The highest BCUT2D eigenvalue weighted by Crippen LogP contribution is 2.18. The van der Waals surface area contributed by atoms with E-state index in [-0.39, 0.29) is 18.3 Å². The van der Waals surface area contributed by atoms with Crippen LogP contribution in [0, 0.1) is 5.82 Å². The molecular weight excluding hydrogens is 301 g/mol. The number of benzene rings is 1. The largest absolute Gasteiger partial charge is 0.444 e. The molecule has 2 aromatic rings. The number of methoxy groups -OCH3 is 1. The number of hydrogen-bond acceptors (Lipinski definition) is 5. The van der Waals surface area contributed by atoms with Gasteiger partial charge in [-0.15, -0.1) is 0 Å². The third kappa shape index (κ3) is 5.80. The normalized spacial score (nSPS) is 10.7. The molecule has 1 heterocycles. The third-order valence-corrected chi connectivity index (χ3v) is 3.11. The first-order chi connectivity index (χ1) is 11.2. The smallest absolute Gasteiger partial charge is 0.233 e. The van der Waals surface area contributed by atoms with Gasteiger partial charge in [-0.2, -0.15) is 0 Å². The average Bonchev–Trinajstić information content (AvgIpc) is 3.01. The number of carbonyl (C=O) groups is 1. The number of halogens is 1. The maximum Gasteiger partial charge on any atom is 0.233 e. The lowest BCUT2D eigenvalue weighted by molar-refractivity contribution is -0.120. The molecule has 1 aromatic heterocycles. The van der Waals surface area contributed by atoms with Crippen LogP contribution in [0.25, 0.3) is 11.5 Å². The van der Waals surface area contributed by atoms with Gasteiger partial charge >= 0.3 is 0 Å². The molecule has 1 aromatic carbocycles. The van der Waals surface area contributed by atoms with Crippen LogP contribution in [0.3, 0.4) is 0 Å². The molecule has 23 heavy (non-hydrogen) atoms. The molecule has 0 saturated heterocycles. The van der Waals surface area contributed by atoms with E-state index in [2.05, 4.69) is 15.6 Å². The number of rotatable bonds is 9. The van der Waals surface area contributed by atoms with Crippen molar-refractivity contribution in [1.82, 2.24) is 15.6 Å². The van der Waals surface area contributed by atoms with Crippen LogP contribution in [-0.2, 0) is 16.0 Å². The topological polar surface area (TPSA) is 76.4 Å². The van der Waals surface area contributed by atoms with Crippen molar-refractivity contribution in [3.05, 3.63) is 42.0 Å². The van der Waals surface area contributed by atoms with E-state index in [1.807, 2.05) is 0 Å². The van der Waals surface area contributed by atoms with E-state index in [9.17, 15) is 9.18 Å². The van der Waals surface area contributed by atoms with Crippen LogP contribution in [0.4, 0.5) is 4.39 Å². The van der Waals surface area contributed by atoms with Crippen molar-refractivity contribution in [2.45, 2.75) is 6.42 Å². The van der Waals surface area contributed by atoms with Gasteiger partial charge in [-0.05, 0) is 24.3 Å². The standard InChI is InChI=1S/C16H20FN3O3/c1-22-9-8-18-10-15(21)19-7-6-14-11-23-16(20-14)12-2-4-13(17)5-3-12/h2-5,11,18H,6-10H2,1H3,(H,19,21). The first-order valence-electron chi connectivity index (χ1n) is 7.35. The van der Waals surface area contributed by atoms with Crippen LogP contribution in [0.1, 0.15) is 5.69 Å². The number of nitrogens with one attached hydrogen (secondary N) is 2. The summed E-state index contributed by atoms with van der Waals surface area (Å²) >= 11 is 0. The molecule has 0 radical (unpaired) electrons. The minimum Gasteiger partial charge on any atom is -0.444 e. The number of nitrogens with zero attached hydrogens (tertiary/aromatic N) is 1. The van der Waals surface area contributed by atoms with Crippen LogP contribution in [0.15, 0.2) is 34.9 Å². The molecule has 1 amide bonds. The summed E-state index contributed by atoms with van der Waals surface area (Å²) in [7, 11) is 1.61. The van der Waals surface area contributed by atoms with Gasteiger partial charge in [0.05, 0.1) is 18.8 Å². The zero-order valence-electron chi connectivity index (χ0n) is 13.0. The SMILES string of the molecule is COCCNCC(=O)NCCc1coc(-c2ccc(F)cc2)n1.